The second kappa shape index (κ2) is 17.8. The molecular formula is C16H28O20P3-7. The molecule has 0 bridgehead atoms. The van der Waals surface area contributed by atoms with Gasteiger partial charge in [0.2, 0.25) is 0 Å². The van der Waals surface area contributed by atoms with Crippen molar-refractivity contribution >= 4 is 23.5 Å². The van der Waals surface area contributed by atoms with Crippen molar-refractivity contribution in [2.24, 2.45) is 0 Å². The van der Waals surface area contributed by atoms with E-state index < -0.39 is 73.3 Å². The number of methoxy groups -OCH3 is 2. The maximum atomic E-state index is 11.6. The molecule has 1 aliphatic carbocycles. The van der Waals surface area contributed by atoms with E-state index in [-0.39, 0.29) is 39.6 Å². The average molecular weight is 633 g/mol. The van der Waals surface area contributed by atoms with E-state index in [0.717, 1.165) is 0 Å². The normalized spacial score (nSPS) is 26.7. The largest absolute Gasteiger partial charge is 0.790 e. The lowest BCUT2D eigenvalue weighted by Gasteiger charge is -2.54. The number of rotatable bonds is 21. The zero-order chi connectivity index (χ0) is 29.7. The smallest absolute Gasteiger partial charge is 0.121 e. The molecule has 0 aromatic rings. The van der Waals surface area contributed by atoms with Gasteiger partial charge in [-0.3, -0.25) is 0 Å². The van der Waals surface area contributed by atoms with Gasteiger partial charge in [-0.05, 0) is 0 Å². The van der Waals surface area contributed by atoms with E-state index >= 15 is 0 Å². The fourth-order valence-corrected chi connectivity index (χ4v) is 5.01. The third-order valence-corrected chi connectivity index (χ3v) is 6.25. The van der Waals surface area contributed by atoms with Crippen molar-refractivity contribution in [3.63, 3.8) is 0 Å². The summed E-state index contributed by atoms with van der Waals surface area (Å²) in [6, 6.07) is 0. The van der Waals surface area contributed by atoms with Crippen molar-refractivity contribution in [2.75, 3.05) is 67.1 Å². The van der Waals surface area contributed by atoms with Crippen LogP contribution in [0.15, 0.2) is 0 Å². The van der Waals surface area contributed by atoms with Crippen molar-refractivity contribution in [1.82, 2.24) is 0 Å². The molecule has 1 aliphatic rings. The summed E-state index contributed by atoms with van der Waals surface area (Å²) in [5.41, 5.74) is 0. The van der Waals surface area contributed by atoms with E-state index in [0.29, 0.717) is 0 Å². The third kappa shape index (κ3) is 15.2. The summed E-state index contributed by atoms with van der Waals surface area (Å²) in [6.45, 7) is -1.15. The molecule has 39 heavy (non-hydrogen) atoms. The molecule has 1 rings (SSSR count). The molecule has 23 heteroatoms. The Bertz CT molecular complexity index is 813. The highest BCUT2D eigenvalue weighted by Gasteiger charge is 2.55. The molecule has 3 unspecified atom stereocenters. The van der Waals surface area contributed by atoms with E-state index in [1.54, 1.807) is 0 Å². The summed E-state index contributed by atoms with van der Waals surface area (Å²) in [5, 5.41) is 11.6. The quantitative estimate of drug-likeness (QED) is 0.0491. The zero-order valence-electron chi connectivity index (χ0n) is 20.6. The molecule has 0 spiro atoms. The number of phosphoric acid groups is 3. The number of ether oxygens (including phenoxy) is 6. The SMILES string of the molecule is COCCOCCOC1C(OP(=O)([O-])[O-])[C@H](OP(=O)([O-])[O-])[C@H](O[O-])C(OCCOCCOC)[C@@H]1OP(=O)([O-])[O-]. The van der Waals surface area contributed by atoms with Gasteiger partial charge in [0.05, 0.1) is 76.3 Å². The van der Waals surface area contributed by atoms with E-state index in [4.69, 9.17) is 28.4 Å². The lowest BCUT2D eigenvalue weighted by Crippen LogP contribution is -2.68. The summed E-state index contributed by atoms with van der Waals surface area (Å²) in [4.78, 5) is 72.6. The molecule has 0 aromatic carbocycles. The monoisotopic (exact) mass is 633 g/mol. The minimum Gasteiger partial charge on any atom is -0.790 e. The Morgan fingerprint density at radius 2 is 0.795 bits per heavy atom. The third-order valence-electron chi connectivity index (χ3n) is 4.75. The topological polar surface area (TPSA) is 305 Å². The van der Waals surface area contributed by atoms with Crippen LogP contribution in [0.2, 0.25) is 0 Å². The van der Waals surface area contributed by atoms with Crippen LogP contribution in [0.3, 0.4) is 0 Å². The summed E-state index contributed by atoms with van der Waals surface area (Å²) in [5.74, 6) is 0. The van der Waals surface area contributed by atoms with Crippen LogP contribution < -0.4 is 34.6 Å². The predicted octanol–water partition coefficient (Wildman–Crippen LogP) is -6.60. The molecule has 0 saturated heterocycles. The van der Waals surface area contributed by atoms with Gasteiger partial charge in [0.15, 0.2) is 0 Å². The first kappa shape index (κ1) is 37.0. The van der Waals surface area contributed by atoms with Crippen LogP contribution in [0.1, 0.15) is 0 Å². The molecule has 20 nitrogen and oxygen atoms in total. The molecule has 0 heterocycles. The highest BCUT2D eigenvalue weighted by Crippen LogP contribution is 2.45. The van der Waals surface area contributed by atoms with Gasteiger partial charge in [0.25, 0.3) is 0 Å². The van der Waals surface area contributed by atoms with Gasteiger partial charge in [0, 0.05) is 14.2 Å². The maximum Gasteiger partial charge on any atom is 0.121 e. The summed E-state index contributed by atoms with van der Waals surface area (Å²) in [6.07, 6.45) is -14.1. The first-order chi connectivity index (χ1) is 18.1. The number of phosphoric ester groups is 3. The maximum absolute atomic E-state index is 11.6. The van der Waals surface area contributed by atoms with Crippen molar-refractivity contribution in [3.05, 3.63) is 0 Å². The van der Waals surface area contributed by atoms with Crippen LogP contribution in [0.4, 0.5) is 0 Å². The van der Waals surface area contributed by atoms with Crippen LogP contribution in [0.25, 0.3) is 0 Å². The van der Waals surface area contributed by atoms with E-state index in [2.05, 4.69) is 18.5 Å². The molecule has 0 aliphatic heterocycles. The first-order valence-corrected chi connectivity index (χ1v) is 15.3. The fourth-order valence-electron chi connectivity index (χ4n) is 3.39. The van der Waals surface area contributed by atoms with Gasteiger partial charge in [-0.25, -0.2) is 0 Å². The summed E-state index contributed by atoms with van der Waals surface area (Å²) >= 11 is 0. The van der Waals surface area contributed by atoms with Crippen LogP contribution in [0.5, 0.6) is 0 Å². The first-order valence-electron chi connectivity index (χ1n) is 10.9. The second-order valence-corrected chi connectivity index (χ2v) is 10.8. The van der Waals surface area contributed by atoms with Gasteiger partial charge >= 0.3 is 0 Å². The molecule has 0 radical (unpaired) electrons. The number of hydrogen-bond donors (Lipinski definition) is 0. The standard InChI is InChI=1S/C16H35O20P3/c1-27-3-5-29-7-9-31-11-13(33-17)16(36-39(24,25)26)15(35-38(21,22)23)12(14(11)34-37(18,19)20)32-10-8-30-6-4-28-2/h11-17H,3-10H2,1-2H3,(H2,18,19,20)(H2,21,22,23)(H2,24,25,26)/p-7/t11?,12?,13-,14+,15?,16-/m1/s1. The van der Waals surface area contributed by atoms with Gasteiger partial charge in [0.1, 0.15) is 36.6 Å². The summed E-state index contributed by atoms with van der Waals surface area (Å²) < 4.78 is 77.9. The molecule has 6 atom stereocenters. The van der Waals surface area contributed by atoms with Crippen molar-refractivity contribution in [3.8, 4) is 0 Å². The van der Waals surface area contributed by atoms with Gasteiger partial charge in [-0.2, -0.15) is 0 Å². The molecule has 1 fully saturated rings. The highest BCUT2D eigenvalue weighted by molar-refractivity contribution is 7.43. The minimum atomic E-state index is -6.11. The Labute approximate surface area is 222 Å². The zero-order valence-corrected chi connectivity index (χ0v) is 23.3. The lowest BCUT2D eigenvalue weighted by atomic mass is 9.84. The number of hydrogen-bond acceptors (Lipinski definition) is 20. The molecule has 234 valence electrons. The van der Waals surface area contributed by atoms with E-state index in [9.17, 15) is 48.3 Å². The van der Waals surface area contributed by atoms with Crippen LogP contribution in [0, 0.1) is 0 Å². The lowest BCUT2D eigenvalue weighted by molar-refractivity contribution is -0.710. The Balaban J connectivity index is 3.42. The highest BCUT2D eigenvalue weighted by atomic mass is 31.2. The Morgan fingerprint density at radius 3 is 1.13 bits per heavy atom. The van der Waals surface area contributed by atoms with Crippen LogP contribution >= 0.6 is 23.5 Å². The fraction of sp³-hybridized carbons (Fsp3) is 1.00. The van der Waals surface area contributed by atoms with Gasteiger partial charge in [-0.1, -0.05) is 0 Å². The van der Waals surface area contributed by atoms with Gasteiger partial charge in [-0.15, -0.1) is 0 Å². The average Bonchev–Trinajstić information content (AvgIpc) is 2.79. The Morgan fingerprint density at radius 1 is 0.487 bits per heavy atom. The van der Waals surface area contributed by atoms with Gasteiger partial charge < -0.3 is 95.2 Å². The van der Waals surface area contributed by atoms with Crippen LogP contribution in [-0.4, -0.2) is 104 Å². The minimum absolute atomic E-state index is 0.0409. The van der Waals surface area contributed by atoms with Crippen molar-refractivity contribution < 1.29 is 95.2 Å². The molecule has 0 N–H and O–H groups in total. The Kier molecular flexibility index (Phi) is 16.9. The summed E-state index contributed by atoms with van der Waals surface area (Å²) in [7, 11) is -15.4. The molecule has 1 saturated carbocycles. The second-order valence-electron chi connectivity index (χ2n) is 7.49. The molecule has 0 amide bonds. The van der Waals surface area contributed by atoms with E-state index in [1.807, 2.05) is 0 Å². The van der Waals surface area contributed by atoms with Crippen molar-refractivity contribution in [2.45, 2.75) is 36.6 Å². The Hall–Kier alpha value is 0.01000. The van der Waals surface area contributed by atoms with Crippen LogP contribution in [-0.2, 0) is 60.6 Å². The molecule has 0 aromatic heterocycles. The molecular weight excluding hydrogens is 605 g/mol. The van der Waals surface area contributed by atoms with Crippen molar-refractivity contribution in [1.29, 1.82) is 0 Å². The van der Waals surface area contributed by atoms with E-state index in [1.165, 1.54) is 14.2 Å². The predicted molar refractivity (Wildman–Crippen MR) is 107 cm³/mol.